The molecule has 1 aliphatic carbocycles. The molecule has 2 rings (SSSR count). The molecule has 1 aromatic rings. The van der Waals surface area contributed by atoms with Crippen LogP contribution >= 0.6 is 0 Å². The number of carbonyl (C=O) groups is 1. The molecule has 0 heterocycles. The molecule has 2 unspecified atom stereocenters. The summed E-state index contributed by atoms with van der Waals surface area (Å²) in [4.78, 5) is 12.6. The van der Waals surface area contributed by atoms with Crippen LogP contribution in [0.15, 0.2) is 30.3 Å². The first-order chi connectivity index (χ1) is 9.10. The maximum Gasteiger partial charge on any atom is 0.230 e. The van der Waals surface area contributed by atoms with Crippen molar-refractivity contribution in [1.29, 1.82) is 0 Å². The molecule has 0 aromatic heterocycles. The van der Waals surface area contributed by atoms with E-state index in [0.29, 0.717) is 0 Å². The van der Waals surface area contributed by atoms with Gasteiger partial charge in [-0.05, 0) is 31.2 Å². The average Bonchev–Trinajstić information content (AvgIpc) is 2.37. The highest BCUT2D eigenvalue weighted by Crippen LogP contribution is 2.44. The molecule has 1 fully saturated rings. The minimum Gasteiger partial charge on any atom is -0.396 e. The minimum atomic E-state index is -0.343. The van der Waals surface area contributed by atoms with Crippen molar-refractivity contribution in [1.82, 2.24) is 5.32 Å². The van der Waals surface area contributed by atoms with Crippen LogP contribution in [0, 0.1) is 5.92 Å². The Morgan fingerprint density at radius 2 is 1.95 bits per heavy atom. The molecule has 1 aliphatic rings. The van der Waals surface area contributed by atoms with Crippen LogP contribution in [-0.2, 0) is 10.2 Å². The molecule has 104 valence electrons. The van der Waals surface area contributed by atoms with E-state index < -0.39 is 0 Å². The second-order valence-corrected chi connectivity index (χ2v) is 5.72. The summed E-state index contributed by atoms with van der Waals surface area (Å²) in [6, 6.07) is 10.0. The number of hydrogen-bond acceptors (Lipinski definition) is 2. The first-order valence-corrected chi connectivity index (χ1v) is 7.07. The van der Waals surface area contributed by atoms with Crippen LogP contribution in [-0.4, -0.2) is 23.7 Å². The van der Waals surface area contributed by atoms with Crippen molar-refractivity contribution in [3.63, 3.8) is 0 Å². The standard InChI is InChI=1S/C16H23NO2/c1-12(11-18)13(2)17-15(19)16(9-6-10-16)14-7-4-3-5-8-14/h3-5,7-8,12-13,18H,6,9-11H2,1-2H3,(H,17,19). The van der Waals surface area contributed by atoms with Crippen LogP contribution in [0.3, 0.4) is 0 Å². The smallest absolute Gasteiger partial charge is 0.230 e. The number of aliphatic hydroxyl groups excluding tert-OH is 1. The summed E-state index contributed by atoms with van der Waals surface area (Å²) < 4.78 is 0. The Morgan fingerprint density at radius 1 is 1.32 bits per heavy atom. The molecule has 2 N–H and O–H groups in total. The lowest BCUT2D eigenvalue weighted by molar-refractivity contribution is -0.131. The number of carbonyl (C=O) groups excluding carboxylic acids is 1. The Hall–Kier alpha value is -1.35. The lowest BCUT2D eigenvalue weighted by Crippen LogP contribution is -2.52. The zero-order chi connectivity index (χ0) is 13.9. The number of rotatable bonds is 5. The highest BCUT2D eigenvalue weighted by molar-refractivity contribution is 5.89. The lowest BCUT2D eigenvalue weighted by Gasteiger charge is -2.41. The number of amides is 1. The van der Waals surface area contributed by atoms with Gasteiger partial charge in [0.25, 0.3) is 0 Å². The van der Waals surface area contributed by atoms with Gasteiger partial charge in [-0.3, -0.25) is 4.79 Å². The van der Waals surface area contributed by atoms with Crippen molar-refractivity contribution in [3.8, 4) is 0 Å². The SMILES string of the molecule is CC(CO)C(C)NC(=O)C1(c2ccccc2)CCC1. The third kappa shape index (κ3) is 2.66. The zero-order valence-electron chi connectivity index (χ0n) is 11.7. The van der Waals surface area contributed by atoms with Gasteiger partial charge < -0.3 is 10.4 Å². The first kappa shape index (κ1) is 14.1. The largest absolute Gasteiger partial charge is 0.396 e. The number of benzene rings is 1. The van der Waals surface area contributed by atoms with Gasteiger partial charge in [-0.2, -0.15) is 0 Å². The van der Waals surface area contributed by atoms with Crippen LogP contribution < -0.4 is 5.32 Å². The van der Waals surface area contributed by atoms with Crippen LogP contribution in [0.25, 0.3) is 0 Å². The fourth-order valence-electron chi connectivity index (χ4n) is 2.58. The van der Waals surface area contributed by atoms with E-state index in [1.54, 1.807) is 0 Å². The molecular weight excluding hydrogens is 238 g/mol. The van der Waals surface area contributed by atoms with Gasteiger partial charge in [-0.1, -0.05) is 43.7 Å². The summed E-state index contributed by atoms with van der Waals surface area (Å²) >= 11 is 0. The van der Waals surface area contributed by atoms with Crippen LogP contribution in [0.2, 0.25) is 0 Å². The first-order valence-electron chi connectivity index (χ1n) is 7.07. The summed E-state index contributed by atoms with van der Waals surface area (Å²) in [5, 5.41) is 12.2. The minimum absolute atomic E-state index is 0.00122. The molecule has 0 spiro atoms. The second kappa shape index (κ2) is 5.74. The normalized spacial score (nSPS) is 20.2. The van der Waals surface area contributed by atoms with Crippen molar-refractivity contribution < 1.29 is 9.90 Å². The average molecular weight is 261 g/mol. The van der Waals surface area contributed by atoms with Gasteiger partial charge in [0.15, 0.2) is 0 Å². The van der Waals surface area contributed by atoms with E-state index in [-0.39, 0.29) is 29.9 Å². The second-order valence-electron chi connectivity index (χ2n) is 5.72. The van der Waals surface area contributed by atoms with Crippen molar-refractivity contribution in [2.45, 2.75) is 44.6 Å². The molecule has 0 radical (unpaired) electrons. The molecular formula is C16H23NO2. The van der Waals surface area contributed by atoms with E-state index in [9.17, 15) is 4.79 Å². The van der Waals surface area contributed by atoms with Gasteiger partial charge in [0, 0.05) is 12.6 Å². The van der Waals surface area contributed by atoms with Crippen LogP contribution in [0.4, 0.5) is 0 Å². The summed E-state index contributed by atoms with van der Waals surface area (Å²) in [5.41, 5.74) is 0.771. The summed E-state index contributed by atoms with van der Waals surface area (Å²) in [6.45, 7) is 4.00. The van der Waals surface area contributed by atoms with E-state index in [2.05, 4.69) is 5.32 Å². The molecule has 19 heavy (non-hydrogen) atoms. The van der Waals surface area contributed by atoms with Gasteiger partial charge in [-0.25, -0.2) is 0 Å². The molecule has 1 aromatic carbocycles. The van der Waals surface area contributed by atoms with Crippen molar-refractivity contribution in [2.75, 3.05) is 6.61 Å². The summed E-state index contributed by atoms with van der Waals surface area (Å²) in [5.74, 6) is 0.189. The Morgan fingerprint density at radius 3 is 2.42 bits per heavy atom. The maximum absolute atomic E-state index is 12.6. The number of hydrogen-bond donors (Lipinski definition) is 2. The number of nitrogens with one attached hydrogen (secondary N) is 1. The highest BCUT2D eigenvalue weighted by Gasteiger charge is 2.45. The fraction of sp³-hybridized carbons (Fsp3) is 0.562. The van der Waals surface area contributed by atoms with Crippen molar-refractivity contribution in [3.05, 3.63) is 35.9 Å². The number of aliphatic hydroxyl groups is 1. The van der Waals surface area contributed by atoms with E-state index in [0.717, 1.165) is 24.8 Å². The highest BCUT2D eigenvalue weighted by atomic mass is 16.3. The molecule has 3 nitrogen and oxygen atoms in total. The lowest BCUT2D eigenvalue weighted by atomic mass is 9.63. The quantitative estimate of drug-likeness (QED) is 0.854. The van der Waals surface area contributed by atoms with Crippen LogP contribution in [0.5, 0.6) is 0 Å². The van der Waals surface area contributed by atoms with Crippen molar-refractivity contribution >= 4 is 5.91 Å². The molecule has 0 saturated heterocycles. The molecule has 1 amide bonds. The molecule has 1 saturated carbocycles. The monoisotopic (exact) mass is 261 g/mol. The predicted molar refractivity (Wildman–Crippen MR) is 75.8 cm³/mol. The Labute approximate surface area is 115 Å². The van der Waals surface area contributed by atoms with Gasteiger partial charge in [0.1, 0.15) is 0 Å². The zero-order valence-corrected chi connectivity index (χ0v) is 11.7. The van der Waals surface area contributed by atoms with Gasteiger partial charge >= 0.3 is 0 Å². The van der Waals surface area contributed by atoms with E-state index in [4.69, 9.17) is 5.11 Å². The Bertz CT molecular complexity index is 426. The van der Waals surface area contributed by atoms with Crippen molar-refractivity contribution in [2.24, 2.45) is 5.92 Å². The summed E-state index contributed by atoms with van der Waals surface area (Å²) in [6.07, 6.45) is 2.94. The predicted octanol–water partition coefficient (Wildman–Crippen LogP) is 2.24. The third-order valence-electron chi connectivity index (χ3n) is 4.47. The molecule has 0 aliphatic heterocycles. The van der Waals surface area contributed by atoms with E-state index >= 15 is 0 Å². The Kier molecular flexibility index (Phi) is 4.25. The summed E-state index contributed by atoms with van der Waals surface area (Å²) in [7, 11) is 0. The topological polar surface area (TPSA) is 49.3 Å². The molecule has 3 heteroatoms. The molecule has 0 bridgehead atoms. The van der Waals surface area contributed by atoms with E-state index in [1.165, 1.54) is 0 Å². The van der Waals surface area contributed by atoms with E-state index in [1.807, 2.05) is 44.2 Å². The third-order valence-corrected chi connectivity index (χ3v) is 4.47. The Balaban J connectivity index is 2.12. The molecule has 2 atom stereocenters. The maximum atomic E-state index is 12.6. The fourth-order valence-corrected chi connectivity index (χ4v) is 2.58. The van der Waals surface area contributed by atoms with Gasteiger partial charge in [0.05, 0.1) is 5.41 Å². The van der Waals surface area contributed by atoms with Gasteiger partial charge in [-0.15, -0.1) is 0 Å². The van der Waals surface area contributed by atoms with Gasteiger partial charge in [0.2, 0.25) is 5.91 Å². The van der Waals surface area contributed by atoms with Crippen LogP contribution in [0.1, 0.15) is 38.7 Å².